The van der Waals surface area contributed by atoms with Crippen LogP contribution in [0.4, 0.5) is 17.3 Å². The molecule has 3 aliphatic rings. The van der Waals surface area contributed by atoms with Crippen molar-refractivity contribution in [3.05, 3.63) is 54.4 Å². The lowest BCUT2D eigenvalue weighted by Gasteiger charge is -2.32. The van der Waals surface area contributed by atoms with Crippen LogP contribution in [0.2, 0.25) is 0 Å². The fourth-order valence-electron chi connectivity index (χ4n) is 5.40. The number of anilines is 3. The van der Waals surface area contributed by atoms with Gasteiger partial charge in [-0.15, -0.1) is 0 Å². The molecule has 2 saturated heterocycles. The number of nitrogens with zero attached hydrogens (tertiary/aromatic N) is 5. The van der Waals surface area contributed by atoms with E-state index in [1.165, 1.54) is 50.4 Å². The van der Waals surface area contributed by atoms with Crippen molar-refractivity contribution in [3.63, 3.8) is 0 Å². The molecule has 1 unspecified atom stereocenters. The van der Waals surface area contributed by atoms with Crippen LogP contribution < -0.4 is 16.0 Å². The number of carbonyl (C=O) groups is 2. The molecular weight excluding hydrogens is 454 g/mol. The van der Waals surface area contributed by atoms with Crippen LogP contribution in [0.1, 0.15) is 54.1 Å². The Morgan fingerprint density at radius 2 is 1.83 bits per heavy atom. The van der Waals surface area contributed by atoms with Crippen LogP contribution in [0.15, 0.2) is 43.1 Å². The maximum Gasteiger partial charge on any atom is 0.271 e. The van der Waals surface area contributed by atoms with E-state index in [4.69, 9.17) is 5.73 Å². The van der Waals surface area contributed by atoms with Crippen LogP contribution in [0.3, 0.4) is 0 Å². The van der Waals surface area contributed by atoms with Crippen LogP contribution in [0.5, 0.6) is 0 Å². The first kappa shape index (κ1) is 24.2. The summed E-state index contributed by atoms with van der Waals surface area (Å²) < 4.78 is 0. The molecule has 2 aromatic rings. The van der Waals surface area contributed by atoms with Crippen LogP contribution in [-0.4, -0.2) is 76.9 Å². The third-order valence-corrected chi connectivity index (χ3v) is 7.79. The maximum absolute atomic E-state index is 12.0. The van der Waals surface area contributed by atoms with Crippen LogP contribution in [0.25, 0.3) is 0 Å². The highest BCUT2D eigenvalue weighted by molar-refractivity contribution is 5.96. The molecule has 190 valence electrons. The van der Waals surface area contributed by atoms with Crippen LogP contribution in [0, 0.1) is 0 Å². The Morgan fingerprint density at radius 1 is 1.11 bits per heavy atom. The topological polar surface area (TPSA) is 108 Å². The van der Waals surface area contributed by atoms with Gasteiger partial charge in [0.25, 0.3) is 5.91 Å². The van der Waals surface area contributed by atoms with Crippen LogP contribution in [-0.2, 0) is 4.79 Å². The number of likely N-dealkylation sites (tertiary alicyclic amines) is 2. The van der Waals surface area contributed by atoms with Crippen molar-refractivity contribution >= 4 is 29.1 Å². The lowest BCUT2D eigenvalue weighted by atomic mass is 9.89. The van der Waals surface area contributed by atoms with E-state index in [1.807, 2.05) is 24.1 Å². The number of rotatable bonds is 8. The smallest absolute Gasteiger partial charge is 0.271 e. The summed E-state index contributed by atoms with van der Waals surface area (Å²) in [6.45, 7) is 7.21. The minimum absolute atomic E-state index is 0.0691. The van der Waals surface area contributed by atoms with Crippen molar-refractivity contribution < 1.29 is 9.59 Å². The molecule has 2 aliphatic heterocycles. The van der Waals surface area contributed by atoms with Gasteiger partial charge in [0.15, 0.2) is 11.5 Å². The van der Waals surface area contributed by atoms with Gasteiger partial charge < -0.3 is 25.8 Å². The van der Waals surface area contributed by atoms with E-state index in [1.54, 1.807) is 11.1 Å². The molecule has 0 bridgehead atoms. The number of benzene rings is 1. The van der Waals surface area contributed by atoms with Crippen molar-refractivity contribution in [2.24, 2.45) is 5.73 Å². The van der Waals surface area contributed by atoms with Gasteiger partial charge in [0.1, 0.15) is 5.82 Å². The normalized spacial score (nSPS) is 20.8. The molecule has 1 atom stereocenters. The Bertz CT molecular complexity index is 1120. The zero-order valence-electron chi connectivity index (χ0n) is 20.9. The highest BCUT2D eigenvalue weighted by Crippen LogP contribution is 2.35. The second-order valence-corrected chi connectivity index (χ2v) is 10.1. The third-order valence-electron chi connectivity index (χ3n) is 7.79. The first-order valence-electron chi connectivity index (χ1n) is 12.8. The van der Waals surface area contributed by atoms with Gasteiger partial charge in [0.05, 0.1) is 6.20 Å². The molecule has 3 N–H and O–H groups in total. The zero-order chi connectivity index (χ0) is 25.2. The minimum atomic E-state index is -0.637. The van der Waals surface area contributed by atoms with Gasteiger partial charge in [-0.3, -0.25) is 9.59 Å². The minimum Gasteiger partial charge on any atom is -0.364 e. The van der Waals surface area contributed by atoms with Gasteiger partial charge in [-0.25, -0.2) is 9.97 Å². The molecule has 9 nitrogen and oxygen atoms in total. The van der Waals surface area contributed by atoms with Crippen LogP contribution >= 0.6 is 0 Å². The standard InChI is InChI=1S/C27H35N7O2/c1-3-24(35)34-15-12-22(17-34)32(2)23-16-29-25(26(28)36)27(31-23)30-20-6-4-18(5-7-20)19-10-13-33(14-11-19)21-8-9-21/h3-7,16,19,21-22H,1,8-15,17H2,2H3,(H2,28,36)(H,30,31). The van der Waals surface area contributed by atoms with Gasteiger partial charge in [-0.1, -0.05) is 18.7 Å². The number of nitrogens with one attached hydrogen (secondary N) is 1. The monoisotopic (exact) mass is 489 g/mol. The molecule has 1 saturated carbocycles. The summed E-state index contributed by atoms with van der Waals surface area (Å²) in [5.74, 6) is 0.821. The van der Waals surface area contributed by atoms with Crippen molar-refractivity contribution in [1.29, 1.82) is 0 Å². The lowest BCUT2D eigenvalue weighted by molar-refractivity contribution is -0.125. The number of aromatic nitrogens is 2. The first-order valence-corrected chi connectivity index (χ1v) is 12.8. The summed E-state index contributed by atoms with van der Waals surface area (Å²) in [5, 5.41) is 3.25. The van der Waals surface area contributed by atoms with E-state index in [0.717, 1.165) is 18.2 Å². The van der Waals surface area contributed by atoms with Gasteiger partial charge in [0.2, 0.25) is 5.91 Å². The molecular formula is C27H35N7O2. The molecule has 5 rings (SSSR count). The summed E-state index contributed by atoms with van der Waals surface area (Å²) in [6, 6.07) is 9.33. The van der Waals surface area contributed by atoms with E-state index < -0.39 is 5.91 Å². The van der Waals surface area contributed by atoms with E-state index in [9.17, 15) is 9.59 Å². The summed E-state index contributed by atoms with van der Waals surface area (Å²) in [7, 11) is 1.92. The van der Waals surface area contributed by atoms with Gasteiger partial charge in [-0.2, -0.15) is 0 Å². The molecule has 0 spiro atoms. The number of hydrogen-bond donors (Lipinski definition) is 2. The Morgan fingerprint density at radius 3 is 2.47 bits per heavy atom. The van der Waals surface area contributed by atoms with Gasteiger partial charge in [0, 0.05) is 37.9 Å². The molecule has 1 aliphatic carbocycles. The SMILES string of the molecule is C=CC(=O)N1CCC(N(C)c2cnc(C(N)=O)c(Nc3ccc(C4CCN(C5CC5)CC4)cc3)n2)C1. The fraction of sp³-hybridized carbons (Fsp3) is 0.481. The molecule has 1 aromatic heterocycles. The number of piperidine rings is 1. The number of amides is 2. The maximum atomic E-state index is 12.0. The number of hydrogen-bond acceptors (Lipinski definition) is 7. The second kappa shape index (κ2) is 10.3. The predicted octanol–water partition coefficient (Wildman–Crippen LogP) is 2.88. The Hall–Kier alpha value is -3.46. The van der Waals surface area contributed by atoms with Crippen molar-refractivity contribution in [2.75, 3.05) is 43.4 Å². The number of primary amides is 1. The predicted molar refractivity (Wildman–Crippen MR) is 140 cm³/mol. The molecule has 9 heteroatoms. The van der Waals surface area contributed by atoms with Crippen molar-refractivity contribution in [3.8, 4) is 0 Å². The Kier molecular flexibility index (Phi) is 6.91. The number of nitrogens with two attached hydrogens (primary N) is 1. The molecule has 0 radical (unpaired) electrons. The lowest BCUT2D eigenvalue weighted by Crippen LogP contribution is -2.36. The average molecular weight is 490 g/mol. The fourth-order valence-corrected chi connectivity index (χ4v) is 5.40. The number of likely N-dealkylation sites (N-methyl/N-ethyl adjacent to an activating group) is 1. The summed E-state index contributed by atoms with van der Waals surface area (Å²) >= 11 is 0. The summed E-state index contributed by atoms with van der Waals surface area (Å²) in [6.07, 6.45) is 8.85. The molecule has 3 fully saturated rings. The Balaban J connectivity index is 1.27. The van der Waals surface area contributed by atoms with E-state index in [0.29, 0.717) is 30.6 Å². The van der Waals surface area contributed by atoms with Crippen molar-refractivity contribution in [1.82, 2.24) is 19.8 Å². The molecule has 1 aromatic carbocycles. The highest BCUT2D eigenvalue weighted by Gasteiger charge is 2.32. The van der Waals surface area contributed by atoms with E-state index >= 15 is 0 Å². The molecule has 3 heterocycles. The molecule has 2 amide bonds. The van der Waals surface area contributed by atoms with Gasteiger partial charge in [-0.05, 0) is 74.9 Å². The second-order valence-electron chi connectivity index (χ2n) is 10.1. The van der Waals surface area contributed by atoms with E-state index in [-0.39, 0.29) is 17.6 Å². The highest BCUT2D eigenvalue weighted by atomic mass is 16.2. The molecule has 36 heavy (non-hydrogen) atoms. The zero-order valence-corrected chi connectivity index (χ0v) is 20.9. The Labute approximate surface area is 212 Å². The number of carbonyl (C=O) groups excluding carboxylic acids is 2. The van der Waals surface area contributed by atoms with Gasteiger partial charge >= 0.3 is 0 Å². The summed E-state index contributed by atoms with van der Waals surface area (Å²) in [4.78, 5) is 39.4. The van der Waals surface area contributed by atoms with E-state index in [2.05, 4.69) is 38.9 Å². The quantitative estimate of drug-likeness (QED) is 0.549. The summed E-state index contributed by atoms with van der Waals surface area (Å²) in [5.41, 5.74) is 7.87. The third kappa shape index (κ3) is 5.21. The largest absolute Gasteiger partial charge is 0.364 e. The first-order chi connectivity index (χ1) is 17.4. The average Bonchev–Trinajstić information content (AvgIpc) is 3.64. The van der Waals surface area contributed by atoms with Crippen molar-refractivity contribution in [2.45, 2.75) is 50.1 Å².